The summed E-state index contributed by atoms with van der Waals surface area (Å²) in [5.74, 6) is 6.64. The van der Waals surface area contributed by atoms with E-state index in [4.69, 9.17) is 0 Å². The van der Waals surface area contributed by atoms with Crippen molar-refractivity contribution in [1.29, 1.82) is 0 Å². The van der Waals surface area contributed by atoms with E-state index in [9.17, 15) is 19.8 Å². The number of aliphatic hydroxyl groups is 2. The Balaban J connectivity index is 2.68. The van der Waals surface area contributed by atoms with E-state index < -0.39 is 6.10 Å². The quantitative estimate of drug-likeness (QED) is 0.0960. The van der Waals surface area contributed by atoms with Gasteiger partial charge in [-0.15, -0.1) is 0 Å². The van der Waals surface area contributed by atoms with Crippen molar-refractivity contribution in [2.45, 2.75) is 114 Å². The van der Waals surface area contributed by atoms with Crippen LogP contribution < -0.4 is 0 Å². The fourth-order valence-corrected chi connectivity index (χ4v) is 5.05. The molecule has 0 spiro atoms. The van der Waals surface area contributed by atoms with Crippen LogP contribution in [-0.2, 0) is 9.59 Å². The molecule has 1 aliphatic carbocycles. The highest BCUT2D eigenvalue weighted by atomic mass is 16.3. The summed E-state index contributed by atoms with van der Waals surface area (Å²) in [5, 5.41) is 20.1. The lowest BCUT2D eigenvalue weighted by atomic mass is 9.72. The molecule has 2 atom stereocenters. The highest BCUT2D eigenvalue weighted by molar-refractivity contribution is 5.96. The minimum absolute atomic E-state index is 0.0414. The first-order chi connectivity index (χ1) is 20.5. The van der Waals surface area contributed by atoms with Gasteiger partial charge < -0.3 is 10.2 Å². The number of Topliss-reactive ketones (excluding diaryl/α,β-unsaturated/α-hetero) is 2. The number of ketones is 2. The fourth-order valence-electron chi connectivity index (χ4n) is 5.05. The summed E-state index contributed by atoms with van der Waals surface area (Å²) < 4.78 is 0. The molecular weight excluding hydrogens is 544 g/mol. The van der Waals surface area contributed by atoms with E-state index in [2.05, 4.69) is 38.7 Å². The van der Waals surface area contributed by atoms with Gasteiger partial charge >= 0.3 is 0 Å². The van der Waals surface area contributed by atoms with E-state index in [0.717, 1.165) is 39.9 Å². The summed E-state index contributed by atoms with van der Waals surface area (Å²) in [6.07, 6.45) is 21.1. The highest BCUT2D eigenvalue weighted by Gasteiger charge is 2.32. The maximum Gasteiger partial charge on any atom is 0.162 e. The van der Waals surface area contributed by atoms with Gasteiger partial charge in [-0.05, 0) is 85.8 Å². The Morgan fingerprint density at radius 3 is 1.98 bits per heavy atom. The lowest BCUT2D eigenvalue weighted by Gasteiger charge is -2.34. The summed E-state index contributed by atoms with van der Waals surface area (Å²) in [5.41, 5.74) is 7.95. The third kappa shape index (κ3) is 15.3. The Morgan fingerprint density at radius 1 is 0.864 bits per heavy atom. The Morgan fingerprint density at radius 2 is 1.43 bits per heavy atom. The molecule has 0 aromatic carbocycles. The summed E-state index contributed by atoms with van der Waals surface area (Å²) in [4.78, 5) is 23.8. The second kappa shape index (κ2) is 19.0. The molecular formula is C40H54O4. The van der Waals surface area contributed by atoms with E-state index in [-0.39, 0.29) is 29.5 Å². The first-order valence-electron chi connectivity index (χ1n) is 15.5. The van der Waals surface area contributed by atoms with Crippen molar-refractivity contribution in [2.24, 2.45) is 5.41 Å². The van der Waals surface area contributed by atoms with Gasteiger partial charge in [0.05, 0.1) is 12.2 Å². The molecule has 0 heterocycles. The van der Waals surface area contributed by atoms with Gasteiger partial charge in [0.1, 0.15) is 5.78 Å². The van der Waals surface area contributed by atoms with Gasteiger partial charge in [0.2, 0.25) is 0 Å². The van der Waals surface area contributed by atoms with Crippen LogP contribution in [0.4, 0.5) is 0 Å². The van der Waals surface area contributed by atoms with Crippen LogP contribution in [0.25, 0.3) is 0 Å². The number of aliphatic hydroxyl groups excluding tert-OH is 2. The van der Waals surface area contributed by atoms with Gasteiger partial charge in [-0.25, -0.2) is 0 Å². The molecule has 0 saturated carbocycles. The molecule has 2 N–H and O–H groups in total. The van der Waals surface area contributed by atoms with Crippen LogP contribution >= 0.6 is 0 Å². The minimum Gasteiger partial charge on any atom is -0.393 e. The standard InChI is InChI=1S/C40H54O4/c1-28(17-13-18-30(3)21-22-38-34(7)24-37(43)27-40(38,9)10)15-11-12-16-29(2)19-14-20-31(4)39(44)25-33(6)32(5)23-36(42)26-35(8)41/h11-20,36-37,42-43H,23-27H2,1-10H3/b12-11+,17-13+,19-14+,28-15+,29-16+,30-18+,31-20+,33-32+/t36-,37-/m1/s1. The summed E-state index contributed by atoms with van der Waals surface area (Å²) in [6.45, 7) is 19.5. The van der Waals surface area contributed by atoms with E-state index >= 15 is 0 Å². The Labute approximate surface area is 267 Å². The normalized spacial score (nSPS) is 19.9. The van der Waals surface area contributed by atoms with Gasteiger partial charge in [-0.1, -0.05) is 114 Å². The van der Waals surface area contributed by atoms with Crippen molar-refractivity contribution in [2.75, 3.05) is 0 Å². The Kier molecular flexibility index (Phi) is 16.6. The molecule has 0 radical (unpaired) electrons. The third-order valence-electron chi connectivity index (χ3n) is 7.67. The zero-order valence-electron chi connectivity index (χ0n) is 28.7. The Hall–Kier alpha value is -3.52. The van der Waals surface area contributed by atoms with Crippen LogP contribution in [0.15, 0.2) is 105 Å². The Bertz CT molecular complexity index is 1380. The monoisotopic (exact) mass is 598 g/mol. The van der Waals surface area contributed by atoms with Gasteiger partial charge in [-0.2, -0.15) is 0 Å². The predicted octanol–water partition coefficient (Wildman–Crippen LogP) is 8.97. The lowest BCUT2D eigenvalue weighted by Crippen LogP contribution is -2.28. The SMILES string of the molecule is CC(=O)C[C@H](O)C/C(C)=C(\C)CC(=O)/C(C)=C/C=C/C(C)=C/C=C/C=C(C)/C=C/C=C(\C)C#CC1=C(C)C[C@@H](O)CC1(C)C. The number of carbonyl (C=O) groups excluding carboxylic acids is 2. The lowest BCUT2D eigenvalue weighted by molar-refractivity contribution is -0.119. The third-order valence-corrected chi connectivity index (χ3v) is 7.67. The number of carbonyl (C=O) groups is 2. The van der Waals surface area contributed by atoms with E-state index in [1.54, 1.807) is 0 Å². The van der Waals surface area contributed by atoms with Crippen molar-refractivity contribution in [3.05, 3.63) is 105 Å². The number of rotatable bonds is 13. The second-order valence-electron chi connectivity index (χ2n) is 12.9. The number of allylic oxidation sites excluding steroid dienone is 16. The van der Waals surface area contributed by atoms with Crippen LogP contribution in [-0.4, -0.2) is 34.0 Å². The van der Waals surface area contributed by atoms with Crippen molar-refractivity contribution >= 4 is 11.6 Å². The molecule has 44 heavy (non-hydrogen) atoms. The molecule has 0 aromatic rings. The zero-order chi connectivity index (χ0) is 33.4. The predicted molar refractivity (Wildman–Crippen MR) is 186 cm³/mol. The number of hydrogen-bond donors (Lipinski definition) is 2. The molecule has 0 bridgehead atoms. The van der Waals surface area contributed by atoms with Crippen molar-refractivity contribution in [3.63, 3.8) is 0 Å². The summed E-state index contributed by atoms with van der Waals surface area (Å²) in [7, 11) is 0. The van der Waals surface area contributed by atoms with Crippen LogP contribution in [0.1, 0.15) is 101 Å². The van der Waals surface area contributed by atoms with E-state index in [0.29, 0.717) is 24.8 Å². The van der Waals surface area contributed by atoms with Crippen molar-refractivity contribution in [1.82, 2.24) is 0 Å². The summed E-state index contributed by atoms with van der Waals surface area (Å²) in [6, 6.07) is 0. The van der Waals surface area contributed by atoms with E-state index in [1.807, 2.05) is 96.2 Å². The van der Waals surface area contributed by atoms with Gasteiger partial charge in [0.25, 0.3) is 0 Å². The molecule has 4 heteroatoms. The average molecular weight is 599 g/mol. The van der Waals surface area contributed by atoms with Gasteiger partial charge in [0, 0.05) is 23.8 Å². The maximum absolute atomic E-state index is 12.6. The molecule has 0 aromatic heterocycles. The molecule has 1 rings (SSSR count). The van der Waals surface area contributed by atoms with Gasteiger partial charge in [-0.3, -0.25) is 9.59 Å². The largest absolute Gasteiger partial charge is 0.393 e. The van der Waals surface area contributed by atoms with E-state index in [1.165, 1.54) is 12.5 Å². The topological polar surface area (TPSA) is 74.6 Å². The first kappa shape index (κ1) is 38.5. The van der Waals surface area contributed by atoms with Gasteiger partial charge in [0.15, 0.2) is 5.78 Å². The van der Waals surface area contributed by atoms with Crippen molar-refractivity contribution in [3.8, 4) is 11.8 Å². The summed E-state index contributed by atoms with van der Waals surface area (Å²) >= 11 is 0. The molecule has 0 amide bonds. The number of hydrogen-bond acceptors (Lipinski definition) is 4. The molecule has 0 aliphatic heterocycles. The molecule has 238 valence electrons. The fraction of sp³-hybridized carbons (Fsp3) is 0.450. The van der Waals surface area contributed by atoms with Crippen LogP contribution in [0, 0.1) is 17.3 Å². The van der Waals surface area contributed by atoms with Crippen LogP contribution in [0.2, 0.25) is 0 Å². The average Bonchev–Trinajstić information content (AvgIpc) is 2.89. The molecule has 1 aliphatic rings. The molecule has 0 saturated heterocycles. The molecule has 0 unspecified atom stereocenters. The van der Waals surface area contributed by atoms with Crippen molar-refractivity contribution < 1.29 is 19.8 Å². The van der Waals surface area contributed by atoms with Crippen LogP contribution in [0.3, 0.4) is 0 Å². The zero-order valence-corrected chi connectivity index (χ0v) is 28.7. The highest BCUT2D eigenvalue weighted by Crippen LogP contribution is 2.39. The molecule has 4 nitrogen and oxygen atoms in total. The maximum atomic E-state index is 12.6. The minimum atomic E-state index is -0.701. The first-order valence-corrected chi connectivity index (χ1v) is 15.5. The van der Waals surface area contributed by atoms with Crippen LogP contribution in [0.5, 0.6) is 0 Å². The second-order valence-corrected chi connectivity index (χ2v) is 12.9. The molecule has 0 fully saturated rings. The smallest absolute Gasteiger partial charge is 0.162 e.